The maximum Gasteiger partial charge on any atom is 0.700 e. The number of aliphatic hydroxyl groups is 1. The van der Waals surface area contributed by atoms with Crippen LogP contribution in [0.1, 0.15) is 20.8 Å². The van der Waals surface area contributed by atoms with Crippen LogP contribution in [-0.2, 0) is 23.0 Å². The number of nitrogens with one attached hydrogen (secondary N) is 1. The molecule has 0 heterocycles. The Morgan fingerprint density at radius 3 is 1.89 bits per heavy atom. The Balaban J connectivity index is 5.07. The van der Waals surface area contributed by atoms with Gasteiger partial charge in [0.25, 0.3) is 0 Å². The molecule has 11 heteroatoms. The van der Waals surface area contributed by atoms with E-state index < -0.39 is 33.8 Å². The fourth-order valence-electron chi connectivity index (χ4n) is 0.933. The highest BCUT2D eigenvalue weighted by Gasteiger charge is 2.59. The fraction of sp³-hybridized carbons (Fsp3) is 0.857. The Hall–Kier alpha value is -0.530. The molecule has 9 nitrogen and oxygen atoms in total. The van der Waals surface area contributed by atoms with Crippen molar-refractivity contribution in [3.05, 3.63) is 0 Å². The van der Waals surface area contributed by atoms with E-state index in [4.69, 9.17) is 9.79 Å². The summed E-state index contributed by atoms with van der Waals surface area (Å²) >= 11 is 0. The van der Waals surface area contributed by atoms with Gasteiger partial charge in [-0.15, -0.1) is 9.79 Å². The molecule has 0 aromatic heterocycles. The van der Waals surface area contributed by atoms with Crippen LogP contribution in [0.5, 0.6) is 0 Å². The summed E-state index contributed by atoms with van der Waals surface area (Å²) in [6.45, 7) is 3.61. The van der Waals surface area contributed by atoms with Crippen molar-refractivity contribution in [2.45, 2.75) is 26.7 Å². The zero-order chi connectivity index (χ0) is 14.6. The molecule has 0 aliphatic carbocycles. The molecule has 1 amide bonds. The van der Waals surface area contributed by atoms with Crippen molar-refractivity contribution in [1.29, 1.82) is 0 Å². The van der Waals surface area contributed by atoms with Crippen LogP contribution >= 0.6 is 16.5 Å². The predicted molar refractivity (Wildman–Crippen MR) is 59.2 cm³/mol. The number of carbonyl (C=O) groups is 1. The van der Waals surface area contributed by atoms with Crippen molar-refractivity contribution in [3.8, 4) is 0 Å². The van der Waals surface area contributed by atoms with Gasteiger partial charge < -0.3 is 10.4 Å². The lowest BCUT2D eigenvalue weighted by Gasteiger charge is -2.32. The SMILES string of the molecule is CC(=O)NCC(C)(C)C(O)(O[P+](=O)O)O[P+](=O)O. The summed E-state index contributed by atoms with van der Waals surface area (Å²) < 4.78 is 29.7. The molecule has 0 rings (SSSR count). The van der Waals surface area contributed by atoms with Crippen molar-refractivity contribution >= 4 is 22.4 Å². The van der Waals surface area contributed by atoms with Crippen LogP contribution in [0.3, 0.4) is 0 Å². The van der Waals surface area contributed by atoms with Crippen molar-refractivity contribution in [3.63, 3.8) is 0 Å². The summed E-state index contributed by atoms with van der Waals surface area (Å²) in [6, 6.07) is 0. The van der Waals surface area contributed by atoms with E-state index in [1.807, 2.05) is 0 Å². The standard InChI is InChI=1S/C7H13NO8P2/c1-5(9)8-4-6(2,3)7(10,15-17(11)12)16-18(13)14/h10H,4H2,1-3H3,(H-2,8,9,11,12,13,14)/p+2. The average molecular weight is 303 g/mol. The molecule has 0 saturated carbocycles. The first-order valence-corrected chi connectivity index (χ1v) is 6.93. The minimum Gasteiger partial charge on any atom is -0.355 e. The van der Waals surface area contributed by atoms with Gasteiger partial charge in [-0.2, -0.15) is 0 Å². The van der Waals surface area contributed by atoms with E-state index >= 15 is 0 Å². The van der Waals surface area contributed by atoms with Crippen molar-refractivity contribution < 1.29 is 37.9 Å². The van der Waals surface area contributed by atoms with Crippen LogP contribution < -0.4 is 5.32 Å². The van der Waals surface area contributed by atoms with E-state index in [1.165, 1.54) is 20.8 Å². The highest BCUT2D eigenvalue weighted by atomic mass is 31.1. The number of hydrogen-bond donors (Lipinski definition) is 4. The van der Waals surface area contributed by atoms with E-state index in [1.54, 1.807) is 0 Å². The number of carbonyl (C=O) groups excluding carboxylic acids is 1. The van der Waals surface area contributed by atoms with Gasteiger partial charge in [0.05, 0.1) is 5.41 Å². The van der Waals surface area contributed by atoms with Gasteiger partial charge in [-0.05, 0) is 9.05 Å². The van der Waals surface area contributed by atoms with Gasteiger partial charge >= 0.3 is 22.5 Å². The monoisotopic (exact) mass is 303 g/mol. The molecule has 2 atom stereocenters. The van der Waals surface area contributed by atoms with Gasteiger partial charge in [0, 0.05) is 22.6 Å². The molecule has 0 bridgehead atoms. The molecule has 0 aromatic rings. The zero-order valence-corrected chi connectivity index (χ0v) is 11.8. The lowest BCUT2D eigenvalue weighted by atomic mass is 9.90. The maximum atomic E-state index is 10.8. The molecule has 0 aliphatic rings. The van der Waals surface area contributed by atoms with E-state index in [0.717, 1.165) is 0 Å². The van der Waals surface area contributed by atoms with E-state index in [9.17, 15) is 19.0 Å². The van der Waals surface area contributed by atoms with Crippen LogP contribution in [0.15, 0.2) is 0 Å². The third-order valence-corrected chi connectivity index (χ3v) is 2.85. The first-order valence-electron chi connectivity index (χ1n) is 4.67. The molecule has 0 saturated heterocycles. The maximum absolute atomic E-state index is 10.8. The average Bonchev–Trinajstić information content (AvgIpc) is 2.11. The molecule has 2 unspecified atom stereocenters. The predicted octanol–water partition coefficient (Wildman–Crippen LogP) is 0.127. The summed E-state index contributed by atoms with van der Waals surface area (Å²) in [4.78, 5) is 28.0. The van der Waals surface area contributed by atoms with Gasteiger partial charge in [0.15, 0.2) is 0 Å². The fourth-order valence-corrected chi connectivity index (χ4v) is 1.98. The lowest BCUT2D eigenvalue weighted by Crippen LogP contribution is -2.52. The van der Waals surface area contributed by atoms with Crippen LogP contribution in [-0.4, -0.2) is 33.3 Å². The summed E-state index contributed by atoms with van der Waals surface area (Å²) in [5.74, 6) is -3.23. The van der Waals surface area contributed by atoms with E-state index in [-0.39, 0.29) is 6.54 Å². The van der Waals surface area contributed by atoms with Crippen molar-refractivity contribution in [2.24, 2.45) is 5.41 Å². The molecule has 104 valence electrons. The zero-order valence-electron chi connectivity index (χ0n) is 9.98. The van der Waals surface area contributed by atoms with Gasteiger partial charge in [-0.25, -0.2) is 0 Å². The highest BCUT2D eigenvalue weighted by Crippen LogP contribution is 2.43. The molecule has 0 aromatic carbocycles. The molecule has 0 aliphatic heterocycles. The minimum atomic E-state index is -3.29. The first kappa shape index (κ1) is 17.5. The van der Waals surface area contributed by atoms with Gasteiger partial charge in [-0.1, -0.05) is 13.8 Å². The van der Waals surface area contributed by atoms with E-state index in [0.29, 0.717) is 0 Å². The summed E-state index contributed by atoms with van der Waals surface area (Å²) in [5.41, 5.74) is -1.46. The molecule has 0 radical (unpaired) electrons. The molecular formula is C7H15NO8P2+2. The molecule has 0 fully saturated rings. The van der Waals surface area contributed by atoms with Crippen LogP contribution in [0, 0.1) is 5.41 Å². The molecule has 0 spiro atoms. The van der Waals surface area contributed by atoms with E-state index in [2.05, 4.69) is 14.4 Å². The quantitative estimate of drug-likeness (QED) is 0.384. The third-order valence-electron chi connectivity index (χ3n) is 2.04. The smallest absolute Gasteiger partial charge is 0.355 e. The summed E-state index contributed by atoms with van der Waals surface area (Å²) in [7, 11) is -6.57. The Kier molecular flexibility index (Phi) is 6.39. The first-order chi connectivity index (χ1) is 8.00. The van der Waals surface area contributed by atoms with Crippen molar-refractivity contribution in [2.75, 3.05) is 6.54 Å². The topological polar surface area (TPSA) is 142 Å². The summed E-state index contributed by atoms with van der Waals surface area (Å²) in [6.07, 6.45) is 0. The number of amides is 1. The molecular weight excluding hydrogens is 288 g/mol. The second-order valence-corrected chi connectivity index (χ2v) is 5.35. The Bertz CT molecular complexity index is 341. The summed E-state index contributed by atoms with van der Waals surface area (Å²) in [5, 5.41) is 12.2. The van der Waals surface area contributed by atoms with Gasteiger partial charge in [0.2, 0.25) is 5.91 Å². The minimum absolute atomic E-state index is 0.217. The third kappa shape index (κ3) is 5.41. The largest absolute Gasteiger partial charge is 0.700 e. The number of hydrogen-bond acceptors (Lipinski definition) is 6. The van der Waals surface area contributed by atoms with Crippen LogP contribution in [0.25, 0.3) is 0 Å². The lowest BCUT2D eigenvalue weighted by molar-refractivity contribution is -0.330. The second kappa shape index (κ2) is 6.58. The Labute approximate surface area is 105 Å². The molecule has 4 N–H and O–H groups in total. The van der Waals surface area contributed by atoms with Crippen LogP contribution in [0.4, 0.5) is 0 Å². The van der Waals surface area contributed by atoms with Gasteiger partial charge in [-0.3, -0.25) is 4.79 Å². The van der Waals surface area contributed by atoms with Gasteiger partial charge in [0.1, 0.15) is 0 Å². The highest BCUT2D eigenvalue weighted by molar-refractivity contribution is 7.33. The normalized spacial score (nSPS) is 16.8. The Morgan fingerprint density at radius 1 is 1.22 bits per heavy atom. The van der Waals surface area contributed by atoms with Crippen LogP contribution in [0.2, 0.25) is 0 Å². The second-order valence-electron chi connectivity index (χ2n) is 4.03. The number of rotatable bonds is 7. The van der Waals surface area contributed by atoms with Crippen molar-refractivity contribution in [1.82, 2.24) is 5.32 Å². The molecule has 18 heavy (non-hydrogen) atoms. The Morgan fingerprint density at radius 2 is 1.61 bits per heavy atom.